The third kappa shape index (κ3) is 12.0. The average Bonchev–Trinajstić information content (AvgIpc) is 3.12. The molecule has 0 aliphatic carbocycles. The number of aliphatic hydroxyl groups is 1. The van der Waals surface area contributed by atoms with Gasteiger partial charge in [0.15, 0.2) is 24.6 Å². The normalized spacial score (nSPS) is 21.8. The molecule has 8 atom stereocenters. The van der Waals surface area contributed by atoms with Crippen LogP contribution in [0.4, 0.5) is 0 Å². The summed E-state index contributed by atoms with van der Waals surface area (Å²) in [6.45, 7) is 4.20. The molecule has 1 saturated heterocycles. The lowest BCUT2D eigenvalue weighted by Gasteiger charge is -2.45. The van der Waals surface area contributed by atoms with Crippen LogP contribution in [-0.2, 0) is 65.5 Å². The Morgan fingerprint density at radius 3 is 1.69 bits per heavy atom. The van der Waals surface area contributed by atoms with E-state index in [0.717, 1.165) is 25.0 Å². The number of hydrogen-bond donors (Lipinski definition) is 1. The van der Waals surface area contributed by atoms with Crippen LogP contribution in [0.15, 0.2) is 91.0 Å². The van der Waals surface area contributed by atoms with E-state index in [-0.39, 0.29) is 19.8 Å². The maximum absolute atomic E-state index is 13.0. The molecule has 0 saturated carbocycles. The molecule has 0 aromatic heterocycles. The van der Waals surface area contributed by atoms with E-state index >= 15 is 0 Å². The molecule has 0 bridgehead atoms. The van der Waals surface area contributed by atoms with Crippen molar-refractivity contribution in [2.45, 2.75) is 89.9 Å². The van der Waals surface area contributed by atoms with Crippen LogP contribution >= 0.6 is 0 Å². The highest BCUT2D eigenvalue weighted by molar-refractivity contribution is 5.89. The van der Waals surface area contributed by atoms with Crippen LogP contribution in [0.2, 0.25) is 0 Å². The predicted octanol–water partition coefficient (Wildman–Crippen LogP) is 3.93. The lowest BCUT2D eigenvalue weighted by molar-refractivity contribution is -0.322. The first-order chi connectivity index (χ1) is 24.5. The minimum absolute atomic E-state index is 0.0447. The number of hydrogen-bond acceptors (Lipinski definition) is 13. The Bertz CT molecular complexity index is 1540. The zero-order valence-electron chi connectivity index (χ0n) is 29.0. The summed E-state index contributed by atoms with van der Waals surface area (Å²) in [5, 5.41) is 10.8. The van der Waals surface area contributed by atoms with Crippen molar-refractivity contribution in [1.82, 2.24) is 0 Å². The molecule has 274 valence electrons. The Morgan fingerprint density at radius 1 is 0.667 bits per heavy atom. The van der Waals surface area contributed by atoms with Crippen LogP contribution in [0.1, 0.15) is 49.2 Å². The van der Waals surface area contributed by atoms with Crippen molar-refractivity contribution in [3.63, 3.8) is 0 Å². The van der Waals surface area contributed by atoms with Gasteiger partial charge in [0, 0.05) is 20.8 Å². The Labute approximate surface area is 296 Å². The minimum atomic E-state index is -1.46. The first-order valence-electron chi connectivity index (χ1n) is 16.5. The van der Waals surface area contributed by atoms with Crippen molar-refractivity contribution in [1.29, 1.82) is 0 Å². The van der Waals surface area contributed by atoms with Gasteiger partial charge >= 0.3 is 23.9 Å². The van der Waals surface area contributed by atoms with Crippen LogP contribution in [0.5, 0.6) is 0 Å². The molecule has 1 aliphatic rings. The summed E-state index contributed by atoms with van der Waals surface area (Å²) in [5.74, 6) is -2.79. The highest BCUT2D eigenvalue weighted by atomic mass is 16.7. The molecule has 0 spiro atoms. The van der Waals surface area contributed by atoms with Gasteiger partial charge in [-0.1, -0.05) is 78.9 Å². The molecule has 1 aliphatic heterocycles. The van der Waals surface area contributed by atoms with Crippen LogP contribution in [-0.4, -0.2) is 91.2 Å². The first kappa shape index (κ1) is 39.1. The molecule has 0 unspecified atom stereocenters. The van der Waals surface area contributed by atoms with Gasteiger partial charge in [0.25, 0.3) is 0 Å². The Balaban J connectivity index is 1.68. The summed E-state index contributed by atoms with van der Waals surface area (Å²) < 4.78 is 47.3. The third-order valence-corrected chi connectivity index (χ3v) is 7.84. The van der Waals surface area contributed by atoms with Gasteiger partial charge in [0.2, 0.25) is 0 Å². The zero-order valence-corrected chi connectivity index (χ0v) is 29.0. The van der Waals surface area contributed by atoms with Gasteiger partial charge in [-0.2, -0.15) is 0 Å². The molecular weight excluding hydrogens is 664 g/mol. The molecule has 1 fully saturated rings. The number of carbonyl (C=O) groups excluding carboxylic acids is 4. The SMILES string of the molecule is CC(=O)O[C@@H]1[C@@H](OC(C)=O)[C@H](C)O[C@@H](O[C@H](CO)[C@H](OCc2ccccc2)[C@@H](COC(=O)c2ccccc2)OCc2ccccc2)[C@@H]1OC(C)=O. The van der Waals surface area contributed by atoms with Crippen molar-refractivity contribution in [2.24, 2.45) is 0 Å². The summed E-state index contributed by atoms with van der Waals surface area (Å²) in [4.78, 5) is 49.6. The minimum Gasteiger partial charge on any atom is -0.459 e. The summed E-state index contributed by atoms with van der Waals surface area (Å²) in [6.07, 6.45) is -9.71. The lowest BCUT2D eigenvalue weighted by Crippen LogP contribution is -2.62. The van der Waals surface area contributed by atoms with Crippen molar-refractivity contribution in [3.05, 3.63) is 108 Å². The fraction of sp³-hybridized carbons (Fsp3) is 0.421. The molecule has 13 nitrogen and oxygen atoms in total. The van der Waals surface area contributed by atoms with E-state index in [9.17, 15) is 24.3 Å². The largest absolute Gasteiger partial charge is 0.459 e. The summed E-state index contributed by atoms with van der Waals surface area (Å²) in [6, 6.07) is 27.0. The van der Waals surface area contributed by atoms with E-state index in [2.05, 4.69) is 0 Å². The van der Waals surface area contributed by atoms with Gasteiger partial charge in [-0.25, -0.2) is 4.79 Å². The van der Waals surface area contributed by atoms with Crippen molar-refractivity contribution < 1.29 is 62.2 Å². The summed E-state index contributed by atoms with van der Waals surface area (Å²) in [5.41, 5.74) is 1.94. The smallest absolute Gasteiger partial charge is 0.338 e. The van der Waals surface area contributed by atoms with Crippen LogP contribution < -0.4 is 0 Å². The van der Waals surface area contributed by atoms with Gasteiger partial charge in [-0.3, -0.25) is 14.4 Å². The van der Waals surface area contributed by atoms with Gasteiger partial charge in [-0.05, 0) is 30.2 Å². The fourth-order valence-corrected chi connectivity index (χ4v) is 5.53. The number of benzene rings is 3. The van der Waals surface area contributed by atoms with E-state index in [1.807, 2.05) is 60.7 Å². The second-order valence-electron chi connectivity index (χ2n) is 11.8. The van der Waals surface area contributed by atoms with Crippen LogP contribution in [0.25, 0.3) is 0 Å². The van der Waals surface area contributed by atoms with Crippen molar-refractivity contribution in [3.8, 4) is 0 Å². The second-order valence-corrected chi connectivity index (χ2v) is 11.8. The van der Waals surface area contributed by atoms with E-state index in [1.165, 1.54) is 6.92 Å². The Morgan fingerprint density at radius 2 is 1.16 bits per heavy atom. The fourth-order valence-electron chi connectivity index (χ4n) is 5.53. The Kier molecular flexibility index (Phi) is 15.1. The molecule has 3 aromatic rings. The van der Waals surface area contributed by atoms with Crippen LogP contribution in [0, 0.1) is 0 Å². The topological polar surface area (TPSA) is 162 Å². The summed E-state index contributed by atoms with van der Waals surface area (Å²) in [7, 11) is 0. The third-order valence-electron chi connectivity index (χ3n) is 7.84. The predicted molar refractivity (Wildman–Crippen MR) is 180 cm³/mol. The number of ether oxygens (including phenoxy) is 8. The monoisotopic (exact) mass is 708 g/mol. The molecule has 51 heavy (non-hydrogen) atoms. The maximum Gasteiger partial charge on any atom is 0.338 e. The van der Waals surface area contributed by atoms with Gasteiger partial charge in [0.05, 0.1) is 31.5 Å². The van der Waals surface area contributed by atoms with E-state index in [4.69, 9.17) is 37.9 Å². The summed E-state index contributed by atoms with van der Waals surface area (Å²) >= 11 is 0. The van der Waals surface area contributed by atoms with E-state index in [0.29, 0.717) is 5.56 Å². The Hall–Kier alpha value is -4.66. The number of aliphatic hydroxyl groups excluding tert-OH is 1. The molecule has 13 heteroatoms. The van der Waals surface area contributed by atoms with Gasteiger partial charge < -0.3 is 43.0 Å². The number of esters is 4. The number of rotatable bonds is 17. The molecule has 1 N–H and O–H groups in total. The highest BCUT2D eigenvalue weighted by Crippen LogP contribution is 2.31. The molecule has 4 rings (SSSR count). The van der Waals surface area contributed by atoms with Crippen molar-refractivity contribution >= 4 is 23.9 Å². The standard InChI is InChI=1S/C38H44O13/c1-24-33(48-25(2)40)35(49-26(3)41)36(50-27(4)42)38(47-24)51-31(20-39)34(45-22-29-16-10-6-11-17-29)32(44-21-28-14-8-5-9-15-28)23-46-37(43)30-18-12-7-13-19-30/h5-19,24,31-36,38-39H,20-23H2,1-4H3/t24-,31+,32+,33-,34-,35+,36+,38-/m0/s1. The average molecular weight is 709 g/mol. The van der Waals surface area contributed by atoms with Gasteiger partial charge in [-0.15, -0.1) is 0 Å². The molecule has 3 aromatic carbocycles. The van der Waals surface area contributed by atoms with E-state index in [1.54, 1.807) is 37.3 Å². The van der Waals surface area contributed by atoms with Gasteiger partial charge in [0.1, 0.15) is 24.9 Å². The molecular formula is C38H44O13. The zero-order chi connectivity index (χ0) is 36.8. The first-order valence-corrected chi connectivity index (χ1v) is 16.5. The molecule has 0 amide bonds. The quantitative estimate of drug-likeness (QED) is 0.159. The number of carbonyl (C=O) groups is 4. The molecule has 1 heterocycles. The lowest BCUT2D eigenvalue weighted by atomic mass is 9.98. The van der Waals surface area contributed by atoms with Crippen molar-refractivity contribution in [2.75, 3.05) is 13.2 Å². The van der Waals surface area contributed by atoms with E-state index < -0.39 is 79.5 Å². The van der Waals surface area contributed by atoms with Crippen LogP contribution in [0.3, 0.4) is 0 Å². The second kappa shape index (κ2) is 19.7. The maximum atomic E-state index is 13.0. The molecule has 0 radical (unpaired) electrons. The highest BCUT2D eigenvalue weighted by Gasteiger charge is 2.52.